The molecule has 0 aliphatic heterocycles. The van der Waals surface area contributed by atoms with E-state index in [0.29, 0.717) is 12.1 Å². The van der Waals surface area contributed by atoms with E-state index in [2.05, 4.69) is 38.2 Å². The van der Waals surface area contributed by atoms with Gasteiger partial charge in [0.05, 0.1) is 0 Å². The fraction of sp³-hybridized carbons (Fsp3) is 0.647. The molecule has 0 spiro atoms. The topological polar surface area (TPSA) is 12.0 Å². The van der Waals surface area contributed by atoms with Gasteiger partial charge in [0.25, 0.3) is 0 Å². The zero-order valence-electron chi connectivity index (χ0n) is 12.3. The summed E-state index contributed by atoms with van der Waals surface area (Å²) in [5, 5.41) is 4.61. The first-order valence-electron chi connectivity index (χ1n) is 7.57. The van der Waals surface area contributed by atoms with E-state index in [-0.39, 0.29) is 0 Å². The molecule has 0 heterocycles. The van der Waals surface area contributed by atoms with Gasteiger partial charge >= 0.3 is 0 Å². The van der Waals surface area contributed by atoms with Crippen LogP contribution in [0.5, 0.6) is 0 Å². The van der Waals surface area contributed by atoms with Crippen molar-refractivity contribution in [2.24, 2.45) is 11.8 Å². The molecule has 1 aliphatic carbocycles. The van der Waals surface area contributed by atoms with Gasteiger partial charge in [0, 0.05) is 17.1 Å². The predicted molar refractivity (Wildman–Crippen MR) is 83.6 cm³/mol. The van der Waals surface area contributed by atoms with Crippen molar-refractivity contribution in [1.82, 2.24) is 5.32 Å². The van der Waals surface area contributed by atoms with Gasteiger partial charge in [-0.2, -0.15) is 0 Å². The van der Waals surface area contributed by atoms with Gasteiger partial charge < -0.3 is 5.32 Å². The molecule has 0 saturated heterocycles. The Kier molecular flexibility index (Phi) is 5.29. The lowest BCUT2D eigenvalue weighted by molar-refractivity contribution is 0.223. The van der Waals surface area contributed by atoms with Gasteiger partial charge in [0.2, 0.25) is 0 Å². The van der Waals surface area contributed by atoms with Crippen molar-refractivity contribution >= 4 is 11.6 Å². The monoisotopic (exact) mass is 279 g/mol. The van der Waals surface area contributed by atoms with E-state index in [1.54, 1.807) is 0 Å². The highest BCUT2D eigenvalue weighted by Crippen LogP contribution is 2.31. The summed E-state index contributed by atoms with van der Waals surface area (Å²) in [5.74, 6) is 1.71. The highest BCUT2D eigenvalue weighted by molar-refractivity contribution is 6.30. The third kappa shape index (κ3) is 4.22. The summed E-state index contributed by atoms with van der Waals surface area (Å²) in [6.07, 6.45) is 5.43. The third-order valence-electron chi connectivity index (χ3n) is 4.51. The Morgan fingerprint density at radius 3 is 2.42 bits per heavy atom. The molecule has 1 nitrogen and oxygen atoms in total. The average molecular weight is 280 g/mol. The maximum absolute atomic E-state index is 5.94. The van der Waals surface area contributed by atoms with E-state index in [9.17, 15) is 0 Å². The predicted octanol–water partition coefficient (Wildman–Crippen LogP) is 5.21. The van der Waals surface area contributed by atoms with Crippen molar-refractivity contribution in [1.29, 1.82) is 0 Å². The van der Waals surface area contributed by atoms with Crippen LogP contribution in [0.25, 0.3) is 0 Å². The summed E-state index contributed by atoms with van der Waals surface area (Å²) in [6.45, 7) is 6.97. The van der Waals surface area contributed by atoms with Crippen molar-refractivity contribution in [2.45, 2.75) is 58.5 Å². The highest BCUT2D eigenvalue weighted by Gasteiger charge is 2.25. The summed E-state index contributed by atoms with van der Waals surface area (Å²) >= 11 is 5.94. The van der Waals surface area contributed by atoms with E-state index in [0.717, 1.165) is 16.9 Å². The first-order chi connectivity index (χ1) is 9.06. The van der Waals surface area contributed by atoms with Crippen LogP contribution in [0.1, 0.15) is 58.1 Å². The maximum Gasteiger partial charge on any atom is 0.0406 e. The van der Waals surface area contributed by atoms with Crippen molar-refractivity contribution < 1.29 is 0 Å². The Hall–Kier alpha value is -0.530. The average Bonchev–Trinajstić information content (AvgIpc) is 2.39. The number of hydrogen-bond acceptors (Lipinski definition) is 1. The van der Waals surface area contributed by atoms with Crippen molar-refractivity contribution in [3.8, 4) is 0 Å². The summed E-state index contributed by atoms with van der Waals surface area (Å²) < 4.78 is 0. The SMILES string of the molecule is CC(NC1CCCC(C(C)C)C1)c1ccc(Cl)cc1. The van der Waals surface area contributed by atoms with Gasteiger partial charge in [-0.05, 0) is 49.3 Å². The summed E-state index contributed by atoms with van der Waals surface area (Å²) in [7, 11) is 0. The Morgan fingerprint density at radius 2 is 1.79 bits per heavy atom. The molecule has 19 heavy (non-hydrogen) atoms. The normalized spacial score (nSPS) is 25.5. The quantitative estimate of drug-likeness (QED) is 0.798. The molecule has 0 amide bonds. The third-order valence-corrected chi connectivity index (χ3v) is 4.77. The van der Waals surface area contributed by atoms with Gasteiger partial charge in [-0.3, -0.25) is 0 Å². The minimum Gasteiger partial charge on any atom is -0.307 e. The summed E-state index contributed by atoms with van der Waals surface area (Å²) in [6, 6.07) is 9.30. The van der Waals surface area contributed by atoms with Gasteiger partial charge in [-0.25, -0.2) is 0 Å². The summed E-state index contributed by atoms with van der Waals surface area (Å²) in [4.78, 5) is 0. The molecule has 0 bridgehead atoms. The van der Waals surface area contributed by atoms with Crippen molar-refractivity contribution in [3.63, 3.8) is 0 Å². The largest absolute Gasteiger partial charge is 0.307 e. The van der Waals surface area contributed by atoms with Crippen LogP contribution >= 0.6 is 11.6 Å². The molecular weight excluding hydrogens is 254 g/mol. The molecule has 0 aromatic heterocycles. The molecule has 3 atom stereocenters. The van der Waals surface area contributed by atoms with Crippen LogP contribution in [-0.4, -0.2) is 6.04 Å². The lowest BCUT2D eigenvalue weighted by Crippen LogP contribution is -2.37. The van der Waals surface area contributed by atoms with Crippen molar-refractivity contribution in [3.05, 3.63) is 34.9 Å². The van der Waals surface area contributed by atoms with Gasteiger partial charge in [0.1, 0.15) is 0 Å². The molecule has 0 radical (unpaired) electrons. The number of benzene rings is 1. The molecule has 106 valence electrons. The minimum atomic E-state index is 0.410. The second kappa shape index (κ2) is 6.76. The lowest BCUT2D eigenvalue weighted by atomic mass is 9.79. The van der Waals surface area contributed by atoms with Crippen LogP contribution < -0.4 is 5.32 Å². The zero-order chi connectivity index (χ0) is 13.8. The lowest BCUT2D eigenvalue weighted by Gasteiger charge is -2.34. The van der Waals surface area contributed by atoms with E-state index >= 15 is 0 Å². The van der Waals surface area contributed by atoms with Crippen LogP contribution in [0.15, 0.2) is 24.3 Å². The molecule has 3 unspecified atom stereocenters. The number of rotatable bonds is 4. The van der Waals surface area contributed by atoms with E-state index < -0.39 is 0 Å². The fourth-order valence-electron chi connectivity index (χ4n) is 3.19. The first kappa shape index (κ1) is 14.9. The Labute approximate surface area is 122 Å². The van der Waals surface area contributed by atoms with Gasteiger partial charge in [0.15, 0.2) is 0 Å². The first-order valence-corrected chi connectivity index (χ1v) is 7.95. The Balaban J connectivity index is 1.91. The second-order valence-corrected chi connectivity index (χ2v) is 6.74. The molecule has 2 rings (SSSR count). The standard InChI is InChI=1S/C17H26ClN/c1-12(2)15-5-4-6-17(11-15)19-13(3)14-7-9-16(18)10-8-14/h7-10,12-13,15,17,19H,4-6,11H2,1-3H3. The molecule has 1 aromatic carbocycles. The zero-order valence-corrected chi connectivity index (χ0v) is 13.1. The van der Waals surface area contributed by atoms with Crippen LogP contribution in [0.2, 0.25) is 5.02 Å². The summed E-state index contributed by atoms with van der Waals surface area (Å²) in [5.41, 5.74) is 1.33. The van der Waals surface area contributed by atoms with Crippen LogP contribution in [0, 0.1) is 11.8 Å². The molecular formula is C17H26ClN. The molecule has 1 N–H and O–H groups in total. The maximum atomic E-state index is 5.94. The van der Waals surface area contributed by atoms with Crippen molar-refractivity contribution in [2.75, 3.05) is 0 Å². The number of hydrogen-bond donors (Lipinski definition) is 1. The highest BCUT2D eigenvalue weighted by atomic mass is 35.5. The van der Waals surface area contributed by atoms with Crippen LogP contribution in [-0.2, 0) is 0 Å². The van der Waals surface area contributed by atoms with Crippen LogP contribution in [0.3, 0.4) is 0 Å². The van der Waals surface area contributed by atoms with E-state index in [1.165, 1.54) is 31.2 Å². The molecule has 1 aromatic rings. The number of halogens is 1. The van der Waals surface area contributed by atoms with Crippen LogP contribution in [0.4, 0.5) is 0 Å². The minimum absolute atomic E-state index is 0.410. The fourth-order valence-corrected chi connectivity index (χ4v) is 3.31. The molecule has 1 aliphatic rings. The number of nitrogens with one attached hydrogen (secondary N) is 1. The second-order valence-electron chi connectivity index (χ2n) is 6.31. The smallest absolute Gasteiger partial charge is 0.0406 e. The Morgan fingerprint density at radius 1 is 1.11 bits per heavy atom. The van der Waals surface area contributed by atoms with E-state index in [4.69, 9.17) is 11.6 Å². The van der Waals surface area contributed by atoms with E-state index in [1.807, 2.05) is 12.1 Å². The van der Waals surface area contributed by atoms with Gasteiger partial charge in [-0.15, -0.1) is 0 Å². The Bertz CT molecular complexity index is 385. The molecule has 1 saturated carbocycles. The van der Waals surface area contributed by atoms with Gasteiger partial charge in [-0.1, -0.05) is 50.4 Å². The molecule has 2 heteroatoms. The molecule has 1 fully saturated rings.